The maximum atomic E-state index is 5.98. The minimum atomic E-state index is 0.472. The highest BCUT2D eigenvalue weighted by Gasteiger charge is 2.12. The van der Waals surface area contributed by atoms with Crippen LogP contribution in [0.25, 0.3) is 0 Å². The molecule has 0 unspecified atom stereocenters. The zero-order valence-electron chi connectivity index (χ0n) is 10.9. The molecule has 0 aliphatic heterocycles. The normalized spacial score (nSPS) is 10.3. The number of ether oxygens (including phenoxy) is 1. The number of nitrogens with two attached hydrogens (primary N) is 1. The van der Waals surface area contributed by atoms with Crippen molar-refractivity contribution in [1.82, 2.24) is 9.97 Å². The van der Waals surface area contributed by atoms with Crippen LogP contribution >= 0.6 is 0 Å². The van der Waals surface area contributed by atoms with Crippen LogP contribution in [-0.2, 0) is 0 Å². The third kappa shape index (κ3) is 3.76. The Hall–Kier alpha value is -1.52. The van der Waals surface area contributed by atoms with Gasteiger partial charge >= 0.3 is 0 Å². The van der Waals surface area contributed by atoms with Gasteiger partial charge < -0.3 is 15.4 Å². The minimum Gasteiger partial charge on any atom is -0.476 e. The fraction of sp³-hybridized carbons (Fsp3) is 0.667. The lowest BCUT2D eigenvalue weighted by Crippen LogP contribution is -2.21. The van der Waals surface area contributed by atoms with Gasteiger partial charge in [0, 0.05) is 13.6 Å². The highest BCUT2D eigenvalue weighted by Crippen LogP contribution is 2.27. The summed E-state index contributed by atoms with van der Waals surface area (Å²) >= 11 is 0. The van der Waals surface area contributed by atoms with Gasteiger partial charge in [-0.05, 0) is 13.3 Å². The third-order valence-electron chi connectivity index (χ3n) is 2.57. The Bertz CT molecular complexity index is 343. The third-order valence-corrected chi connectivity index (χ3v) is 2.57. The smallest absolute Gasteiger partial charge is 0.242 e. The van der Waals surface area contributed by atoms with E-state index in [0.717, 1.165) is 18.8 Å². The molecular formula is C12H22N4O. The highest BCUT2D eigenvalue weighted by molar-refractivity contribution is 5.67. The second kappa shape index (κ2) is 6.93. The zero-order valence-corrected chi connectivity index (χ0v) is 10.9. The van der Waals surface area contributed by atoms with Crippen LogP contribution in [0.1, 0.15) is 33.1 Å². The number of anilines is 2. The van der Waals surface area contributed by atoms with Gasteiger partial charge in [-0.25, -0.2) is 4.98 Å². The largest absolute Gasteiger partial charge is 0.476 e. The van der Waals surface area contributed by atoms with Crippen molar-refractivity contribution >= 4 is 11.5 Å². The second-order valence-corrected chi connectivity index (χ2v) is 3.98. The predicted octanol–water partition coefficient (Wildman–Crippen LogP) is 2.08. The summed E-state index contributed by atoms with van der Waals surface area (Å²) in [6.07, 6.45) is 5.05. The molecule has 0 aliphatic carbocycles. The SMILES string of the molecule is CCCCCN(C)c1ncnc(OCC)c1N. The molecule has 5 heteroatoms. The monoisotopic (exact) mass is 238 g/mol. The summed E-state index contributed by atoms with van der Waals surface area (Å²) in [7, 11) is 1.99. The summed E-state index contributed by atoms with van der Waals surface area (Å²) in [4.78, 5) is 10.3. The number of nitrogen functional groups attached to an aromatic ring is 1. The van der Waals surface area contributed by atoms with E-state index in [4.69, 9.17) is 10.5 Å². The first-order chi connectivity index (χ1) is 8.20. The van der Waals surface area contributed by atoms with E-state index in [1.54, 1.807) is 0 Å². The molecule has 0 aliphatic rings. The summed E-state index contributed by atoms with van der Waals surface area (Å²) in [6, 6.07) is 0. The molecule has 2 N–H and O–H groups in total. The second-order valence-electron chi connectivity index (χ2n) is 3.98. The molecule has 0 spiro atoms. The van der Waals surface area contributed by atoms with Crippen molar-refractivity contribution in [2.45, 2.75) is 33.1 Å². The van der Waals surface area contributed by atoms with E-state index in [0.29, 0.717) is 18.2 Å². The van der Waals surface area contributed by atoms with Crippen molar-refractivity contribution in [3.63, 3.8) is 0 Å². The van der Waals surface area contributed by atoms with Gasteiger partial charge in [-0.2, -0.15) is 4.98 Å². The van der Waals surface area contributed by atoms with Crippen molar-refractivity contribution in [2.24, 2.45) is 0 Å². The topological polar surface area (TPSA) is 64.3 Å². The highest BCUT2D eigenvalue weighted by atomic mass is 16.5. The van der Waals surface area contributed by atoms with Crippen LogP contribution in [0.3, 0.4) is 0 Å². The number of nitrogens with zero attached hydrogens (tertiary/aromatic N) is 3. The molecular weight excluding hydrogens is 216 g/mol. The molecule has 0 aromatic carbocycles. The molecule has 1 heterocycles. The molecule has 5 nitrogen and oxygen atoms in total. The first-order valence-corrected chi connectivity index (χ1v) is 6.15. The summed E-state index contributed by atoms with van der Waals surface area (Å²) in [5.74, 6) is 1.22. The summed E-state index contributed by atoms with van der Waals surface area (Å²) in [5, 5.41) is 0. The Morgan fingerprint density at radius 3 is 2.71 bits per heavy atom. The van der Waals surface area contributed by atoms with Crippen molar-refractivity contribution in [1.29, 1.82) is 0 Å². The van der Waals surface area contributed by atoms with E-state index in [1.807, 2.05) is 14.0 Å². The first-order valence-electron chi connectivity index (χ1n) is 6.15. The van der Waals surface area contributed by atoms with Crippen molar-refractivity contribution in [3.8, 4) is 5.88 Å². The molecule has 0 saturated heterocycles. The van der Waals surface area contributed by atoms with E-state index >= 15 is 0 Å². The van der Waals surface area contributed by atoms with Gasteiger partial charge in [0.1, 0.15) is 12.0 Å². The maximum absolute atomic E-state index is 5.98. The lowest BCUT2D eigenvalue weighted by atomic mass is 10.2. The van der Waals surface area contributed by atoms with Gasteiger partial charge in [0.15, 0.2) is 5.82 Å². The molecule has 17 heavy (non-hydrogen) atoms. The Morgan fingerprint density at radius 2 is 2.06 bits per heavy atom. The molecule has 0 saturated carbocycles. The Balaban J connectivity index is 2.72. The van der Waals surface area contributed by atoms with E-state index in [1.165, 1.54) is 19.2 Å². The van der Waals surface area contributed by atoms with Crippen molar-refractivity contribution in [2.75, 3.05) is 30.8 Å². The molecule has 0 amide bonds. The van der Waals surface area contributed by atoms with E-state index in [9.17, 15) is 0 Å². The average Bonchev–Trinajstić information content (AvgIpc) is 2.32. The predicted molar refractivity (Wildman–Crippen MR) is 70.4 cm³/mol. The Morgan fingerprint density at radius 1 is 1.29 bits per heavy atom. The van der Waals surface area contributed by atoms with Crippen LogP contribution < -0.4 is 15.4 Å². The number of hydrogen-bond acceptors (Lipinski definition) is 5. The number of hydrogen-bond donors (Lipinski definition) is 1. The fourth-order valence-electron chi connectivity index (χ4n) is 1.63. The van der Waals surface area contributed by atoms with Gasteiger partial charge in [0.05, 0.1) is 6.61 Å². The molecule has 1 rings (SSSR count). The summed E-state index contributed by atoms with van der Waals surface area (Å²) in [6.45, 7) is 5.60. The minimum absolute atomic E-state index is 0.472. The van der Waals surface area contributed by atoms with Crippen LogP contribution in [0.2, 0.25) is 0 Å². The fourth-order valence-corrected chi connectivity index (χ4v) is 1.63. The molecule has 0 bridgehead atoms. The number of rotatable bonds is 7. The lowest BCUT2D eigenvalue weighted by Gasteiger charge is -2.20. The molecule has 1 aromatic rings. The maximum Gasteiger partial charge on any atom is 0.242 e. The average molecular weight is 238 g/mol. The van der Waals surface area contributed by atoms with Gasteiger partial charge in [-0.15, -0.1) is 0 Å². The summed E-state index contributed by atoms with van der Waals surface area (Å²) in [5.41, 5.74) is 6.50. The molecule has 96 valence electrons. The summed E-state index contributed by atoms with van der Waals surface area (Å²) < 4.78 is 5.35. The van der Waals surface area contributed by atoms with Crippen LogP contribution in [-0.4, -0.2) is 30.2 Å². The molecule has 0 fully saturated rings. The van der Waals surface area contributed by atoms with E-state index in [2.05, 4.69) is 21.8 Å². The van der Waals surface area contributed by atoms with Crippen LogP contribution in [0.15, 0.2) is 6.33 Å². The Kier molecular flexibility index (Phi) is 5.52. The molecule has 0 radical (unpaired) electrons. The van der Waals surface area contributed by atoms with Crippen molar-refractivity contribution in [3.05, 3.63) is 6.33 Å². The molecule has 1 aromatic heterocycles. The van der Waals surface area contributed by atoms with Gasteiger partial charge in [0.25, 0.3) is 0 Å². The van der Waals surface area contributed by atoms with Crippen molar-refractivity contribution < 1.29 is 4.74 Å². The lowest BCUT2D eigenvalue weighted by molar-refractivity contribution is 0.328. The molecule has 0 atom stereocenters. The van der Waals surface area contributed by atoms with Gasteiger partial charge in [-0.1, -0.05) is 19.8 Å². The number of unbranched alkanes of at least 4 members (excludes halogenated alkanes) is 2. The first kappa shape index (κ1) is 13.5. The van der Waals surface area contributed by atoms with Crippen LogP contribution in [0.5, 0.6) is 5.88 Å². The van der Waals surface area contributed by atoms with Gasteiger partial charge in [0.2, 0.25) is 5.88 Å². The van der Waals surface area contributed by atoms with E-state index in [-0.39, 0.29) is 0 Å². The quantitative estimate of drug-likeness (QED) is 0.737. The van der Waals surface area contributed by atoms with Gasteiger partial charge in [-0.3, -0.25) is 0 Å². The standard InChI is InChI=1S/C12H22N4O/c1-4-6-7-8-16(3)11-10(13)12(17-5-2)15-9-14-11/h9H,4-8,13H2,1-3H3. The van der Waals surface area contributed by atoms with E-state index < -0.39 is 0 Å². The van der Waals surface area contributed by atoms with Crippen LogP contribution in [0, 0.1) is 0 Å². The Labute approximate surface area is 103 Å². The zero-order chi connectivity index (χ0) is 12.7. The number of aromatic nitrogens is 2. The van der Waals surface area contributed by atoms with Crippen LogP contribution in [0.4, 0.5) is 11.5 Å².